The Kier molecular flexibility index (Phi) is 6.78. The molecule has 0 aliphatic rings. The largest absolute Gasteiger partial charge is 0.486 e. The van der Waals surface area contributed by atoms with Crippen LogP contribution in [0, 0.1) is 23.3 Å². The fourth-order valence-corrected chi connectivity index (χ4v) is 1.80. The Hall–Kier alpha value is -1.30. The second-order valence-electron chi connectivity index (χ2n) is 4.55. The average molecular weight is 293 g/mol. The minimum absolute atomic E-state index is 0.0510. The Bertz CT molecular complexity index is 413. The van der Waals surface area contributed by atoms with Gasteiger partial charge in [-0.05, 0) is 19.4 Å². The molecule has 0 fully saturated rings. The Morgan fingerprint density at radius 1 is 1.05 bits per heavy atom. The molecule has 0 bridgehead atoms. The second kappa shape index (κ2) is 8.09. The third-order valence-corrected chi connectivity index (χ3v) is 2.82. The van der Waals surface area contributed by atoms with E-state index in [4.69, 9.17) is 4.74 Å². The quantitative estimate of drug-likeness (QED) is 0.581. The summed E-state index contributed by atoms with van der Waals surface area (Å²) in [4.78, 5) is 0. The van der Waals surface area contributed by atoms with Crippen LogP contribution in [-0.2, 0) is 0 Å². The molecule has 2 nitrogen and oxygen atoms in total. The van der Waals surface area contributed by atoms with Gasteiger partial charge in [-0.2, -0.15) is 8.78 Å². The van der Waals surface area contributed by atoms with Crippen LogP contribution >= 0.6 is 0 Å². The normalized spacial score (nSPS) is 12.5. The van der Waals surface area contributed by atoms with Crippen molar-refractivity contribution in [1.82, 2.24) is 5.32 Å². The molecule has 1 aromatic carbocycles. The predicted molar refractivity (Wildman–Crippen MR) is 68.8 cm³/mol. The van der Waals surface area contributed by atoms with Crippen molar-refractivity contribution in [2.24, 2.45) is 0 Å². The molecule has 6 heteroatoms. The molecule has 1 atom stereocenters. The van der Waals surface area contributed by atoms with Crippen LogP contribution in [-0.4, -0.2) is 19.2 Å². The lowest BCUT2D eigenvalue weighted by Gasteiger charge is -2.19. The summed E-state index contributed by atoms with van der Waals surface area (Å²) in [5, 5.41) is 3.15. The van der Waals surface area contributed by atoms with Gasteiger partial charge in [0.05, 0.1) is 0 Å². The maximum absolute atomic E-state index is 13.4. The predicted octanol–water partition coefficient (Wildman–Crippen LogP) is 3.79. The van der Waals surface area contributed by atoms with Crippen molar-refractivity contribution < 1.29 is 22.3 Å². The molecule has 0 heterocycles. The van der Waals surface area contributed by atoms with Gasteiger partial charge in [-0.15, -0.1) is 0 Å². The number of hydrogen-bond donors (Lipinski definition) is 1. The van der Waals surface area contributed by atoms with Crippen molar-refractivity contribution in [2.75, 3.05) is 13.2 Å². The van der Waals surface area contributed by atoms with Crippen molar-refractivity contribution in [1.29, 1.82) is 0 Å². The van der Waals surface area contributed by atoms with Crippen molar-refractivity contribution in [2.45, 2.75) is 39.2 Å². The van der Waals surface area contributed by atoms with Crippen LogP contribution in [0.1, 0.15) is 33.1 Å². The molecule has 0 saturated carbocycles. The first-order valence-electron chi connectivity index (χ1n) is 6.70. The SMILES string of the molecule is CCCNC(CCC)COc1c(F)c(F)cc(F)c1F. The van der Waals surface area contributed by atoms with Gasteiger partial charge < -0.3 is 10.1 Å². The van der Waals surface area contributed by atoms with Crippen LogP contribution in [0.2, 0.25) is 0 Å². The smallest absolute Gasteiger partial charge is 0.203 e. The molecule has 0 radical (unpaired) electrons. The number of ether oxygens (including phenoxy) is 1. The van der Waals surface area contributed by atoms with Gasteiger partial charge in [0.25, 0.3) is 0 Å². The monoisotopic (exact) mass is 293 g/mol. The third kappa shape index (κ3) is 4.37. The molecular weight excluding hydrogens is 274 g/mol. The molecule has 20 heavy (non-hydrogen) atoms. The lowest BCUT2D eigenvalue weighted by atomic mass is 10.2. The van der Waals surface area contributed by atoms with E-state index in [0.717, 1.165) is 25.8 Å². The zero-order valence-corrected chi connectivity index (χ0v) is 11.6. The summed E-state index contributed by atoms with van der Waals surface area (Å²) in [7, 11) is 0. The number of rotatable bonds is 8. The van der Waals surface area contributed by atoms with Crippen molar-refractivity contribution >= 4 is 0 Å². The first-order chi connectivity index (χ1) is 9.51. The topological polar surface area (TPSA) is 21.3 Å². The number of nitrogens with one attached hydrogen (secondary N) is 1. The Balaban J connectivity index is 2.77. The van der Waals surface area contributed by atoms with E-state index in [1.807, 2.05) is 13.8 Å². The highest BCUT2D eigenvalue weighted by atomic mass is 19.2. The summed E-state index contributed by atoms with van der Waals surface area (Å²) in [6.07, 6.45) is 2.49. The van der Waals surface area contributed by atoms with Gasteiger partial charge in [0.1, 0.15) is 6.61 Å². The number of halogens is 4. The second-order valence-corrected chi connectivity index (χ2v) is 4.55. The molecule has 1 rings (SSSR count). The Labute approximate surface area is 116 Å². The number of hydrogen-bond acceptors (Lipinski definition) is 2. The van der Waals surface area contributed by atoms with Crippen LogP contribution in [0.15, 0.2) is 6.07 Å². The van der Waals surface area contributed by atoms with E-state index in [1.165, 1.54) is 0 Å². The van der Waals surface area contributed by atoms with Gasteiger partial charge >= 0.3 is 0 Å². The molecule has 0 aliphatic carbocycles. The van der Waals surface area contributed by atoms with Crippen LogP contribution in [0.3, 0.4) is 0 Å². The van der Waals surface area contributed by atoms with E-state index in [-0.39, 0.29) is 18.7 Å². The maximum atomic E-state index is 13.4. The van der Waals surface area contributed by atoms with Crippen molar-refractivity contribution in [3.63, 3.8) is 0 Å². The Morgan fingerprint density at radius 3 is 2.15 bits per heavy atom. The standard InChI is InChI=1S/C14H19F4NO/c1-3-5-9(19-6-4-2)8-20-14-12(17)10(15)7-11(16)13(14)18/h7,9,19H,3-6,8H2,1-2H3. The highest BCUT2D eigenvalue weighted by molar-refractivity contribution is 5.28. The minimum Gasteiger partial charge on any atom is -0.486 e. The molecular formula is C14H19F4NO. The third-order valence-electron chi connectivity index (χ3n) is 2.82. The molecule has 1 aromatic rings. The number of benzene rings is 1. The lowest BCUT2D eigenvalue weighted by Crippen LogP contribution is -2.35. The highest BCUT2D eigenvalue weighted by Gasteiger charge is 2.21. The highest BCUT2D eigenvalue weighted by Crippen LogP contribution is 2.26. The van der Waals surface area contributed by atoms with E-state index >= 15 is 0 Å². The van der Waals surface area contributed by atoms with Crippen LogP contribution < -0.4 is 10.1 Å². The van der Waals surface area contributed by atoms with Crippen LogP contribution in [0.4, 0.5) is 17.6 Å². The van der Waals surface area contributed by atoms with Crippen LogP contribution in [0.25, 0.3) is 0 Å². The first kappa shape index (κ1) is 16.8. The Morgan fingerprint density at radius 2 is 1.65 bits per heavy atom. The summed E-state index contributed by atoms with van der Waals surface area (Å²) < 4.78 is 57.8. The van der Waals surface area contributed by atoms with Crippen molar-refractivity contribution in [3.05, 3.63) is 29.3 Å². The van der Waals surface area contributed by atoms with Gasteiger partial charge in [-0.3, -0.25) is 0 Å². The fraction of sp³-hybridized carbons (Fsp3) is 0.571. The van der Waals surface area contributed by atoms with Gasteiger partial charge in [-0.25, -0.2) is 8.78 Å². The van der Waals surface area contributed by atoms with E-state index in [9.17, 15) is 17.6 Å². The molecule has 1 N–H and O–H groups in total. The van der Waals surface area contributed by atoms with E-state index in [1.54, 1.807) is 0 Å². The summed E-state index contributed by atoms with van der Waals surface area (Å²) >= 11 is 0. The summed E-state index contributed by atoms with van der Waals surface area (Å²) in [5.41, 5.74) is 0. The molecule has 1 unspecified atom stereocenters. The molecule has 0 spiro atoms. The van der Waals surface area contributed by atoms with Crippen LogP contribution in [0.5, 0.6) is 5.75 Å². The zero-order valence-electron chi connectivity index (χ0n) is 11.6. The van der Waals surface area contributed by atoms with Gasteiger partial charge in [-0.1, -0.05) is 20.3 Å². The summed E-state index contributed by atoms with van der Waals surface area (Å²) in [6, 6.07) is 0.0428. The van der Waals surface area contributed by atoms with Gasteiger partial charge in [0.2, 0.25) is 11.6 Å². The lowest BCUT2D eigenvalue weighted by molar-refractivity contribution is 0.228. The molecule has 0 amide bonds. The van der Waals surface area contributed by atoms with E-state index in [0.29, 0.717) is 0 Å². The fourth-order valence-electron chi connectivity index (χ4n) is 1.80. The summed E-state index contributed by atoms with van der Waals surface area (Å²) in [6.45, 7) is 4.63. The van der Waals surface area contributed by atoms with E-state index < -0.39 is 29.0 Å². The van der Waals surface area contributed by atoms with Gasteiger partial charge in [0.15, 0.2) is 17.4 Å². The van der Waals surface area contributed by atoms with E-state index in [2.05, 4.69) is 5.32 Å². The van der Waals surface area contributed by atoms with Gasteiger partial charge in [0, 0.05) is 12.1 Å². The average Bonchev–Trinajstić information content (AvgIpc) is 2.42. The first-order valence-corrected chi connectivity index (χ1v) is 6.70. The molecule has 0 aromatic heterocycles. The minimum atomic E-state index is -1.50. The summed E-state index contributed by atoms with van der Waals surface area (Å²) in [5.74, 6) is -6.94. The van der Waals surface area contributed by atoms with Crippen molar-refractivity contribution in [3.8, 4) is 5.75 Å². The zero-order chi connectivity index (χ0) is 15.1. The molecule has 0 saturated heterocycles. The maximum Gasteiger partial charge on any atom is 0.203 e. The molecule has 114 valence electrons. The molecule has 0 aliphatic heterocycles.